The zero-order valence-electron chi connectivity index (χ0n) is 18.4. The van der Waals surface area contributed by atoms with E-state index in [1.165, 1.54) is 12.1 Å². The summed E-state index contributed by atoms with van der Waals surface area (Å²) < 4.78 is 22.3. The predicted molar refractivity (Wildman–Crippen MR) is 118 cm³/mol. The van der Waals surface area contributed by atoms with Crippen LogP contribution in [0.25, 0.3) is 22.4 Å². The average molecular weight is 433 g/mol. The molecule has 1 aliphatic rings. The number of benzene rings is 1. The van der Waals surface area contributed by atoms with Crippen LogP contribution in [0.4, 0.5) is 10.2 Å². The Kier molecular flexibility index (Phi) is 4.69. The summed E-state index contributed by atoms with van der Waals surface area (Å²) in [7, 11) is 3.71. The molecule has 32 heavy (non-hydrogen) atoms. The third kappa shape index (κ3) is 3.21. The van der Waals surface area contributed by atoms with Gasteiger partial charge in [-0.2, -0.15) is 20.1 Å². The number of fused-ring (bicyclic) bond motifs is 7. The van der Waals surface area contributed by atoms with Gasteiger partial charge in [-0.1, -0.05) is 6.92 Å². The summed E-state index contributed by atoms with van der Waals surface area (Å²) in [6.45, 7) is 3.93. The maximum atomic E-state index is 14.3. The lowest BCUT2D eigenvalue weighted by Crippen LogP contribution is -2.10. The zero-order chi connectivity index (χ0) is 22.6. The number of anilines is 1. The van der Waals surface area contributed by atoms with Gasteiger partial charge in [0.25, 0.3) is 0 Å². The topological polar surface area (TPSA) is 96.7 Å². The highest BCUT2D eigenvalue weighted by atomic mass is 19.1. The van der Waals surface area contributed by atoms with Crippen molar-refractivity contribution in [3.63, 3.8) is 0 Å². The summed E-state index contributed by atoms with van der Waals surface area (Å²) >= 11 is 0. The molecule has 3 aromatic heterocycles. The number of aromatic nitrogens is 6. The first-order valence-electron chi connectivity index (χ1n) is 10.5. The fourth-order valence-corrected chi connectivity index (χ4v) is 4.36. The molecule has 0 saturated carbocycles. The molecule has 0 unspecified atom stereocenters. The fraction of sp³-hybridized carbons (Fsp3) is 0.304. The lowest BCUT2D eigenvalue weighted by molar-refractivity contribution is 0.227. The fourth-order valence-electron chi connectivity index (χ4n) is 4.36. The number of nitrogens with two attached hydrogens (primary N) is 1. The van der Waals surface area contributed by atoms with Gasteiger partial charge in [0.15, 0.2) is 11.6 Å². The van der Waals surface area contributed by atoms with E-state index in [1.807, 2.05) is 24.7 Å². The van der Waals surface area contributed by atoms with Crippen molar-refractivity contribution in [2.24, 2.45) is 14.1 Å². The van der Waals surface area contributed by atoms with E-state index >= 15 is 0 Å². The van der Waals surface area contributed by atoms with Crippen molar-refractivity contribution < 1.29 is 9.13 Å². The van der Waals surface area contributed by atoms with Gasteiger partial charge < -0.3 is 10.5 Å². The SMILES string of the molecule is CCc1nn(C)c2c1-c1cnc(N)c(c1)O[C@H](C)c1cc(F)ccc1-c1nn(C)nc1C2. The van der Waals surface area contributed by atoms with Crippen molar-refractivity contribution >= 4 is 5.82 Å². The van der Waals surface area contributed by atoms with E-state index < -0.39 is 6.10 Å². The normalized spacial score (nSPS) is 15.1. The Labute approximate surface area is 184 Å². The van der Waals surface area contributed by atoms with E-state index in [-0.39, 0.29) is 11.6 Å². The molecule has 5 rings (SSSR count). The molecule has 0 fully saturated rings. The minimum atomic E-state index is -0.492. The van der Waals surface area contributed by atoms with Crippen molar-refractivity contribution in [3.05, 3.63) is 58.9 Å². The van der Waals surface area contributed by atoms with Crippen LogP contribution < -0.4 is 10.5 Å². The van der Waals surface area contributed by atoms with E-state index in [1.54, 1.807) is 24.1 Å². The van der Waals surface area contributed by atoms with Gasteiger partial charge in [0.1, 0.15) is 17.6 Å². The number of ether oxygens (including phenoxy) is 1. The Bertz CT molecular complexity index is 1340. The van der Waals surface area contributed by atoms with Crippen LogP contribution in [0, 0.1) is 5.82 Å². The van der Waals surface area contributed by atoms with Crippen molar-refractivity contribution in [2.45, 2.75) is 32.8 Å². The van der Waals surface area contributed by atoms with Crippen LogP contribution in [0.1, 0.15) is 42.6 Å². The molecule has 1 aliphatic heterocycles. The van der Waals surface area contributed by atoms with Crippen molar-refractivity contribution in [2.75, 3.05) is 5.73 Å². The van der Waals surface area contributed by atoms with Crippen LogP contribution in [0.2, 0.25) is 0 Å². The standard InChI is InChI=1S/C23H24FN7O/c1-5-17-21-13-8-20(23(25)26-11-13)32-12(2)16-9-14(24)6-7-15(16)22-18(28-31(4)29-22)10-19(21)30(3)27-17/h6-9,11-12H,5,10H2,1-4H3,(H2,25,26)/t12-/m1/s1. The first-order chi connectivity index (χ1) is 15.4. The summed E-state index contributed by atoms with van der Waals surface area (Å²) in [5, 5.41) is 14.0. The summed E-state index contributed by atoms with van der Waals surface area (Å²) in [6, 6.07) is 6.51. The Morgan fingerprint density at radius 2 is 2.00 bits per heavy atom. The minimum Gasteiger partial charge on any atom is -0.482 e. The number of aryl methyl sites for hydroxylation is 3. The van der Waals surface area contributed by atoms with Gasteiger partial charge >= 0.3 is 0 Å². The number of hydrogen-bond acceptors (Lipinski definition) is 6. The van der Waals surface area contributed by atoms with Crippen molar-refractivity contribution in [1.82, 2.24) is 29.8 Å². The highest BCUT2D eigenvalue weighted by Crippen LogP contribution is 2.38. The molecular formula is C23H24FN7O. The molecule has 0 spiro atoms. The summed E-state index contributed by atoms with van der Waals surface area (Å²) in [6.07, 6.45) is 2.51. The van der Waals surface area contributed by atoms with Crippen LogP contribution in [0.3, 0.4) is 0 Å². The van der Waals surface area contributed by atoms with Crippen LogP contribution in [-0.4, -0.2) is 29.8 Å². The molecule has 0 aliphatic carbocycles. The van der Waals surface area contributed by atoms with Gasteiger partial charge in [-0.15, -0.1) is 0 Å². The number of halogens is 1. The van der Waals surface area contributed by atoms with Gasteiger partial charge in [0.05, 0.1) is 17.1 Å². The van der Waals surface area contributed by atoms with Crippen molar-refractivity contribution in [3.8, 4) is 28.1 Å². The molecule has 0 saturated heterocycles. The van der Waals surface area contributed by atoms with Gasteiger partial charge in [0, 0.05) is 49.0 Å². The van der Waals surface area contributed by atoms with E-state index in [0.29, 0.717) is 23.4 Å². The number of hydrogen-bond donors (Lipinski definition) is 1. The summed E-state index contributed by atoms with van der Waals surface area (Å²) in [5.74, 6) is 0.374. The van der Waals surface area contributed by atoms with Crippen LogP contribution in [0.5, 0.6) is 5.75 Å². The number of nitrogen functional groups attached to an aromatic ring is 1. The molecule has 1 atom stereocenters. The summed E-state index contributed by atoms with van der Waals surface area (Å²) in [4.78, 5) is 5.92. The Morgan fingerprint density at radius 3 is 2.78 bits per heavy atom. The third-order valence-corrected chi connectivity index (χ3v) is 5.87. The first kappa shape index (κ1) is 20.2. The van der Waals surface area contributed by atoms with Gasteiger partial charge in [-0.05, 0) is 37.6 Å². The lowest BCUT2D eigenvalue weighted by Gasteiger charge is -2.20. The zero-order valence-corrected chi connectivity index (χ0v) is 18.4. The molecule has 4 aromatic rings. The molecule has 2 bridgehead atoms. The van der Waals surface area contributed by atoms with Gasteiger partial charge in [-0.3, -0.25) is 4.68 Å². The Morgan fingerprint density at radius 1 is 1.19 bits per heavy atom. The number of rotatable bonds is 1. The largest absolute Gasteiger partial charge is 0.482 e. The van der Waals surface area contributed by atoms with Crippen molar-refractivity contribution in [1.29, 1.82) is 0 Å². The molecule has 1 aromatic carbocycles. The molecule has 8 nitrogen and oxygen atoms in total. The second-order valence-corrected chi connectivity index (χ2v) is 8.01. The number of pyridine rings is 1. The third-order valence-electron chi connectivity index (χ3n) is 5.87. The molecule has 0 amide bonds. The van der Waals surface area contributed by atoms with Crippen LogP contribution in [0.15, 0.2) is 30.5 Å². The van der Waals surface area contributed by atoms with Crippen LogP contribution in [-0.2, 0) is 26.9 Å². The maximum absolute atomic E-state index is 14.3. The molecular weight excluding hydrogens is 409 g/mol. The predicted octanol–water partition coefficient (Wildman–Crippen LogP) is 3.61. The molecule has 0 radical (unpaired) electrons. The van der Waals surface area contributed by atoms with E-state index in [2.05, 4.69) is 22.1 Å². The van der Waals surface area contributed by atoms with E-state index in [4.69, 9.17) is 15.6 Å². The van der Waals surface area contributed by atoms with Gasteiger partial charge in [-0.25, -0.2) is 9.37 Å². The van der Waals surface area contributed by atoms with E-state index in [9.17, 15) is 4.39 Å². The molecule has 2 N–H and O–H groups in total. The molecule has 4 heterocycles. The number of nitrogens with zero attached hydrogens (tertiary/aromatic N) is 6. The van der Waals surface area contributed by atoms with Crippen LogP contribution >= 0.6 is 0 Å². The highest BCUT2D eigenvalue weighted by molar-refractivity contribution is 5.73. The Hall–Kier alpha value is -3.75. The smallest absolute Gasteiger partial charge is 0.166 e. The molecule has 164 valence electrons. The second-order valence-electron chi connectivity index (χ2n) is 8.01. The monoisotopic (exact) mass is 433 g/mol. The second kappa shape index (κ2) is 7.44. The lowest BCUT2D eigenvalue weighted by atomic mass is 9.95. The minimum absolute atomic E-state index is 0.277. The maximum Gasteiger partial charge on any atom is 0.166 e. The average Bonchev–Trinajstić information content (AvgIpc) is 3.28. The van der Waals surface area contributed by atoms with Gasteiger partial charge in [0.2, 0.25) is 0 Å². The van der Waals surface area contributed by atoms with E-state index in [0.717, 1.165) is 40.2 Å². The quantitative estimate of drug-likeness (QED) is 0.493. The first-order valence-corrected chi connectivity index (χ1v) is 10.5. The Balaban J connectivity index is 1.84. The summed E-state index contributed by atoms with van der Waals surface area (Å²) in [5.41, 5.74) is 12.9. The molecule has 9 heteroatoms. The highest BCUT2D eigenvalue weighted by Gasteiger charge is 2.26.